The van der Waals surface area contributed by atoms with Crippen molar-refractivity contribution in [3.8, 4) is 0 Å². The molecule has 0 spiro atoms. The highest BCUT2D eigenvalue weighted by atomic mass is 32.1. The first-order valence-electron chi connectivity index (χ1n) is 8.68. The van der Waals surface area contributed by atoms with E-state index in [0.717, 1.165) is 6.42 Å². The number of aromatic nitrogens is 1. The van der Waals surface area contributed by atoms with Crippen LogP contribution in [-0.2, 0) is 17.8 Å². The lowest BCUT2D eigenvalue weighted by molar-refractivity contribution is -0.121. The van der Waals surface area contributed by atoms with Gasteiger partial charge in [-0.05, 0) is 30.4 Å². The molecule has 1 heterocycles. The summed E-state index contributed by atoms with van der Waals surface area (Å²) in [5.74, 6) is -0.0917. The van der Waals surface area contributed by atoms with Crippen LogP contribution in [0.1, 0.15) is 47.7 Å². The Morgan fingerprint density at radius 1 is 1.23 bits per heavy atom. The molecule has 0 saturated carbocycles. The lowest BCUT2D eigenvalue weighted by atomic mass is 10.1. The summed E-state index contributed by atoms with van der Waals surface area (Å²) in [6.07, 6.45) is 1.76. The number of hydrogen-bond donors (Lipinski definition) is 2. The SMILES string of the molecule is CC(C)CCC(=O)NCc1nc(C(=O)NCCc2ccccc2F)cs1. The Kier molecular flexibility index (Phi) is 7.72. The van der Waals surface area contributed by atoms with Gasteiger partial charge in [0.15, 0.2) is 0 Å². The van der Waals surface area contributed by atoms with Crippen molar-refractivity contribution in [1.82, 2.24) is 15.6 Å². The van der Waals surface area contributed by atoms with Crippen LogP contribution in [0.3, 0.4) is 0 Å². The topological polar surface area (TPSA) is 71.1 Å². The number of carbonyl (C=O) groups is 2. The van der Waals surface area contributed by atoms with Crippen molar-refractivity contribution in [1.29, 1.82) is 0 Å². The van der Waals surface area contributed by atoms with Gasteiger partial charge in [0.25, 0.3) is 5.91 Å². The maximum absolute atomic E-state index is 13.5. The van der Waals surface area contributed by atoms with Gasteiger partial charge in [0.1, 0.15) is 16.5 Å². The maximum Gasteiger partial charge on any atom is 0.270 e. The summed E-state index contributed by atoms with van der Waals surface area (Å²) < 4.78 is 13.5. The van der Waals surface area contributed by atoms with Gasteiger partial charge in [-0.2, -0.15) is 0 Å². The number of nitrogens with zero attached hydrogens (tertiary/aromatic N) is 1. The zero-order chi connectivity index (χ0) is 18.9. The van der Waals surface area contributed by atoms with Crippen LogP contribution in [0.4, 0.5) is 4.39 Å². The number of benzene rings is 1. The normalized spacial score (nSPS) is 10.8. The summed E-state index contributed by atoms with van der Waals surface area (Å²) >= 11 is 1.33. The Morgan fingerprint density at radius 3 is 2.73 bits per heavy atom. The minimum absolute atomic E-state index is 0.00945. The monoisotopic (exact) mass is 377 g/mol. The molecule has 0 aliphatic heterocycles. The van der Waals surface area contributed by atoms with Gasteiger partial charge in [-0.25, -0.2) is 9.37 Å². The molecule has 0 bridgehead atoms. The minimum Gasteiger partial charge on any atom is -0.350 e. The third-order valence-corrected chi connectivity index (χ3v) is 4.66. The third kappa shape index (κ3) is 6.55. The highest BCUT2D eigenvalue weighted by molar-refractivity contribution is 7.09. The average Bonchev–Trinajstić information content (AvgIpc) is 3.09. The van der Waals surface area contributed by atoms with E-state index in [4.69, 9.17) is 0 Å². The molecule has 7 heteroatoms. The number of rotatable bonds is 9. The van der Waals surface area contributed by atoms with E-state index in [1.54, 1.807) is 23.6 Å². The molecule has 2 amide bonds. The molecule has 0 saturated heterocycles. The molecule has 26 heavy (non-hydrogen) atoms. The van der Waals surface area contributed by atoms with Gasteiger partial charge in [0.2, 0.25) is 5.91 Å². The van der Waals surface area contributed by atoms with Crippen molar-refractivity contribution < 1.29 is 14.0 Å². The molecule has 0 radical (unpaired) electrons. The molecule has 0 atom stereocenters. The Labute approximate surface area is 157 Å². The molecule has 0 aliphatic carbocycles. The average molecular weight is 377 g/mol. The van der Waals surface area contributed by atoms with Gasteiger partial charge in [0.05, 0.1) is 6.54 Å². The lowest BCUT2D eigenvalue weighted by Gasteiger charge is -2.05. The van der Waals surface area contributed by atoms with Crippen LogP contribution in [-0.4, -0.2) is 23.3 Å². The molecule has 2 aromatic rings. The van der Waals surface area contributed by atoms with E-state index in [0.29, 0.717) is 48.1 Å². The smallest absolute Gasteiger partial charge is 0.270 e. The zero-order valence-electron chi connectivity index (χ0n) is 15.0. The second-order valence-corrected chi connectivity index (χ2v) is 7.38. The minimum atomic E-state index is -0.296. The standard InChI is InChI=1S/C19H24FN3O2S/c1-13(2)7-8-17(24)22-11-18-23-16(12-26-18)19(25)21-10-9-14-5-3-4-6-15(14)20/h3-6,12-13H,7-11H2,1-2H3,(H,21,25)(H,22,24). The fourth-order valence-corrected chi connectivity index (χ4v) is 3.00. The van der Waals surface area contributed by atoms with Crippen molar-refractivity contribution in [2.24, 2.45) is 5.92 Å². The lowest BCUT2D eigenvalue weighted by Crippen LogP contribution is -2.26. The number of thiazole rings is 1. The van der Waals surface area contributed by atoms with Gasteiger partial charge >= 0.3 is 0 Å². The highest BCUT2D eigenvalue weighted by Crippen LogP contribution is 2.11. The molecular weight excluding hydrogens is 353 g/mol. The van der Waals surface area contributed by atoms with Gasteiger partial charge in [-0.3, -0.25) is 9.59 Å². The van der Waals surface area contributed by atoms with Gasteiger partial charge in [0, 0.05) is 18.3 Å². The predicted octanol–water partition coefficient (Wildman–Crippen LogP) is 3.31. The van der Waals surface area contributed by atoms with Crippen LogP contribution in [0.25, 0.3) is 0 Å². The van der Waals surface area contributed by atoms with Crippen LogP contribution < -0.4 is 10.6 Å². The summed E-state index contributed by atoms with van der Waals surface area (Å²) in [4.78, 5) is 28.1. The molecule has 0 aliphatic rings. The largest absolute Gasteiger partial charge is 0.350 e. The van der Waals surface area contributed by atoms with E-state index in [2.05, 4.69) is 29.5 Å². The van der Waals surface area contributed by atoms with Crippen LogP contribution in [0, 0.1) is 11.7 Å². The van der Waals surface area contributed by atoms with Gasteiger partial charge < -0.3 is 10.6 Å². The molecule has 1 aromatic heterocycles. The first kappa shape index (κ1) is 20.0. The number of carbonyl (C=O) groups excluding carboxylic acids is 2. The van der Waals surface area contributed by atoms with Crippen LogP contribution in [0.15, 0.2) is 29.6 Å². The summed E-state index contributed by atoms with van der Waals surface area (Å²) in [7, 11) is 0. The van der Waals surface area contributed by atoms with Crippen molar-refractivity contribution in [2.75, 3.05) is 6.54 Å². The number of halogens is 1. The number of nitrogens with one attached hydrogen (secondary N) is 2. The molecule has 140 valence electrons. The first-order chi connectivity index (χ1) is 12.5. The van der Waals surface area contributed by atoms with Crippen molar-refractivity contribution in [3.63, 3.8) is 0 Å². The Hall–Kier alpha value is -2.28. The quantitative estimate of drug-likeness (QED) is 0.704. The second-order valence-electron chi connectivity index (χ2n) is 6.43. The van der Waals surface area contributed by atoms with Crippen molar-refractivity contribution >= 4 is 23.2 Å². The molecule has 0 unspecified atom stereocenters. The van der Waals surface area contributed by atoms with E-state index < -0.39 is 0 Å². The molecule has 2 rings (SSSR count). The van der Waals surface area contributed by atoms with Crippen molar-refractivity contribution in [3.05, 3.63) is 51.7 Å². The summed E-state index contributed by atoms with van der Waals surface area (Å²) in [5.41, 5.74) is 0.880. The Bertz CT molecular complexity index is 746. The molecule has 0 fully saturated rings. The molecular formula is C19H24FN3O2S. The fraction of sp³-hybridized carbons (Fsp3) is 0.421. The molecule has 2 N–H and O–H groups in total. The van der Waals surface area contributed by atoms with Crippen LogP contribution in [0.5, 0.6) is 0 Å². The second kappa shape index (κ2) is 10.0. The van der Waals surface area contributed by atoms with Gasteiger partial charge in [-0.1, -0.05) is 32.0 Å². The van der Waals surface area contributed by atoms with Crippen LogP contribution >= 0.6 is 11.3 Å². The van der Waals surface area contributed by atoms with E-state index in [1.165, 1.54) is 17.4 Å². The third-order valence-electron chi connectivity index (χ3n) is 3.81. The molecule has 1 aromatic carbocycles. The zero-order valence-corrected chi connectivity index (χ0v) is 15.9. The van der Waals surface area contributed by atoms with Crippen LogP contribution in [0.2, 0.25) is 0 Å². The van der Waals surface area contributed by atoms with E-state index >= 15 is 0 Å². The van der Waals surface area contributed by atoms with Crippen molar-refractivity contribution in [2.45, 2.75) is 39.7 Å². The summed E-state index contributed by atoms with van der Waals surface area (Å²) in [6.45, 7) is 4.80. The predicted molar refractivity (Wildman–Crippen MR) is 100 cm³/mol. The van der Waals surface area contributed by atoms with Gasteiger partial charge in [-0.15, -0.1) is 11.3 Å². The van der Waals surface area contributed by atoms with E-state index in [-0.39, 0.29) is 17.6 Å². The summed E-state index contributed by atoms with van der Waals surface area (Å²) in [5, 5.41) is 7.89. The Morgan fingerprint density at radius 2 is 2.00 bits per heavy atom. The Balaban J connectivity index is 1.75. The fourth-order valence-electron chi connectivity index (χ4n) is 2.28. The molecule has 5 nitrogen and oxygen atoms in total. The number of amides is 2. The maximum atomic E-state index is 13.5. The number of hydrogen-bond acceptors (Lipinski definition) is 4. The van der Waals surface area contributed by atoms with E-state index in [1.807, 2.05) is 0 Å². The first-order valence-corrected chi connectivity index (χ1v) is 9.56. The van der Waals surface area contributed by atoms with E-state index in [9.17, 15) is 14.0 Å². The highest BCUT2D eigenvalue weighted by Gasteiger charge is 2.11. The summed E-state index contributed by atoms with van der Waals surface area (Å²) in [6, 6.07) is 6.50.